The second kappa shape index (κ2) is 5.48. The molecule has 0 spiro atoms. The summed E-state index contributed by atoms with van der Waals surface area (Å²) in [6.45, 7) is 2.02. The molecule has 1 heterocycles. The minimum Gasteiger partial charge on any atom is -0.348 e. The van der Waals surface area contributed by atoms with Gasteiger partial charge in [-0.2, -0.15) is 18.3 Å². The summed E-state index contributed by atoms with van der Waals surface area (Å²) in [6, 6.07) is 0.805. The number of amides is 1. The number of nitrogens with one attached hydrogen (secondary N) is 1. The number of aryl methyl sites for hydroxylation is 1. The van der Waals surface area contributed by atoms with Crippen LogP contribution in [0.2, 0.25) is 0 Å². The number of halogens is 3. The first kappa shape index (κ1) is 16.9. The number of nitrogens with zero attached hydrogens (tertiary/aromatic N) is 2. The van der Waals surface area contributed by atoms with Crippen LogP contribution in [0.1, 0.15) is 61.6 Å². The lowest BCUT2D eigenvalue weighted by Crippen LogP contribution is -2.55. The fraction of sp³-hybridized carbons (Fsp3) is 0.778. The monoisotopic (exact) mass is 355 g/mol. The SMILES string of the molecule is C[C@H](NC(=O)c1cc(C(F)(F)F)nn1C)C12CC3CC(CC(C3)C1)C2. The van der Waals surface area contributed by atoms with Gasteiger partial charge in [-0.05, 0) is 68.6 Å². The Labute approximate surface area is 145 Å². The summed E-state index contributed by atoms with van der Waals surface area (Å²) >= 11 is 0. The van der Waals surface area contributed by atoms with Crippen molar-refractivity contribution >= 4 is 5.91 Å². The van der Waals surface area contributed by atoms with Gasteiger partial charge in [-0.1, -0.05) is 0 Å². The van der Waals surface area contributed by atoms with E-state index < -0.39 is 17.8 Å². The summed E-state index contributed by atoms with van der Waals surface area (Å²) in [5, 5.41) is 6.43. The smallest absolute Gasteiger partial charge is 0.348 e. The lowest BCUT2D eigenvalue weighted by molar-refractivity contribution is -0.141. The summed E-state index contributed by atoms with van der Waals surface area (Å²) in [5.41, 5.74) is -0.943. The van der Waals surface area contributed by atoms with Gasteiger partial charge in [0.25, 0.3) is 5.91 Å². The van der Waals surface area contributed by atoms with Gasteiger partial charge in [-0.3, -0.25) is 9.48 Å². The number of rotatable bonds is 3. The van der Waals surface area contributed by atoms with E-state index in [1.54, 1.807) is 0 Å². The van der Waals surface area contributed by atoms with E-state index in [0.717, 1.165) is 47.8 Å². The Morgan fingerprint density at radius 1 is 1.24 bits per heavy atom. The van der Waals surface area contributed by atoms with E-state index in [4.69, 9.17) is 0 Å². The fourth-order valence-corrected chi connectivity index (χ4v) is 5.95. The Morgan fingerprint density at radius 3 is 2.20 bits per heavy atom. The minimum absolute atomic E-state index is 0.0300. The van der Waals surface area contributed by atoms with Crippen LogP contribution in [0, 0.1) is 23.2 Å². The third-order valence-electron chi connectivity index (χ3n) is 6.75. The average molecular weight is 355 g/mol. The third-order valence-corrected chi connectivity index (χ3v) is 6.75. The first-order chi connectivity index (χ1) is 11.7. The molecular weight excluding hydrogens is 331 g/mol. The van der Waals surface area contributed by atoms with Gasteiger partial charge in [0.15, 0.2) is 5.69 Å². The molecule has 5 rings (SSSR count). The zero-order valence-corrected chi connectivity index (χ0v) is 14.6. The molecular formula is C18H24F3N3O. The molecule has 4 bridgehead atoms. The Bertz CT molecular complexity index is 659. The van der Waals surface area contributed by atoms with Gasteiger partial charge in [-0.15, -0.1) is 0 Å². The molecule has 1 amide bonds. The highest BCUT2D eigenvalue weighted by Gasteiger charge is 2.53. The van der Waals surface area contributed by atoms with Crippen molar-refractivity contribution in [2.45, 2.75) is 57.7 Å². The highest BCUT2D eigenvalue weighted by atomic mass is 19.4. The molecule has 4 fully saturated rings. The summed E-state index contributed by atoms with van der Waals surface area (Å²) in [7, 11) is 1.37. The van der Waals surface area contributed by atoms with Gasteiger partial charge in [-0.25, -0.2) is 0 Å². The molecule has 7 heteroatoms. The fourth-order valence-electron chi connectivity index (χ4n) is 5.95. The maximum absolute atomic E-state index is 12.8. The molecule has 4 nitrogen and oxygen atoms in total. The summed E-state index contributed by atoms with van der Waals surface area (Å²) < 4.78 is 39.4. The zero-order valence-electron chi connectivity index (χ0n) is 14.6. The standard InChI is InChI=1S/C18H24F3N3O/c1-10(17-7-11-3-12(8-17)5-13(4-11)9-17)22-16(25)14-6-15(18(19,20)21)23-24(14)2/h6,10-13H,3-5,7-9H2,1-2H3,(H,22,25)/t10-,11?,12?,13?,17?/m0/s1. The van der Waals surface area contributed by atoms with Crippen LogP contribution in [0.3, 0.4) is 0 Å². The Kier molecular flexibility index (Phi) is 3.71. The molecule has 0 aliphatic heterocycles. The van der Waals surface area contributed by atoms with Crippen LogP contribution in [0.25, 0.3) is 0 Å². The zero-order chi connectivity index (χ0) is 18.0. The van der Waals surface area contributed by atoms with Crippen LogP contribution in [-0.4, -0.2) is 21.7 Å². The van der Waals surface area contributed by atoms with E-state index in [9.17, 15) is 18.0 Å². The molecule has 4 aliphatic rings. The highest BCUT2D eigenvalue weighted by Crippen LogP contribution is 2.61. The quantitative estimate of drug-likeness (QED) is 0.897. The number of hydrogen-bond acceptors (Lipinski definition) is 2. The molecule has 138 valence electrons. The number of carbonyl (C=O) groups is 1. The van der Waals surface area contributed by atoms with E-state index in [1.807, 2.05) is 6.92 Å². The molecule has 0 saturated heterocycles. The lowest BCUT2D eigenvalue weighted by Gasteiger charge is -2.59. The van der Waals surface area contributed by atoms with Gasteiger partial charge < -0.3 is 5.32 Å². The van der Waals surface area contributed by atoms with Crippen molar-refractivity contribution in [3.8, 4) is 0 Å². The van der Waals surface area contributed by atoms with Gasteiger partial charge in [0.05, 0.1) is 0 Å². The number of carbonyl (C=O) groups excluding carboxylic acids is 1. The molecule has 4 aliphatic carbocycles. The van der Waals surface area contributed by atoms with Crippen LogP contribution < -0.4 is 5.32 Å². The minimum atomic E-state index is -4.54. The molecule has 0 aromatic carbocycles. The maximum Gasteiger partial charge on any atom is 0.435 e. The molecule has 1 N–H and O–H groups in total. The number of hydrogen-bond donors (Lipinski definition) is 1. The van der Waals surface area contributed by atoms with Crippen molar-refractivity contribution < 1.29 is 18.0 Å². The van der Waals surface area contributed by atoms with Crippen LogP contribution >= 0.6 is 0 Å². The first-order valence-electron chi connectivity index (χ1n) is 9.08. The topological polar surface area (TPSA) is 46.9 Å². The van der Waals surface area contributed by atoms with E-state index in [2.05, 4.69) is 10.4 Å². The second-order valence-corrected chi connectivity index (χ2v) is 8.51. The van der Waals surface area contributed by atoms with Gasteiger partial charge in [0, 0.05) is 19.2 Å². The van der Waals surface area contributed by atoms with Gasteiger partial charge in [0.1, 0.15) is 5.69 Å². The summed E-state index contributed by atoms with van der Waals surface area (Å²) in [6.07, 6.45) is 2.82. The van der Waals surface area contributed by atoms with Gasteiger partial charge in [0.2, 0.25) is 0 Å². The van der Waals surface area contributed by atoms with E-state index in [-0.39, 0.29) is 17.2 Å². The van der Waals surface area contributed by atoms with Crippen molar-refractivity contribution in [3.05, 3.63) is 17.5 Å². The average Bonchev–Trinajstić information content (AvgIpc) is 2.88. The summed E-state index contributed by atoms with van der Waals surface area (Å²) in [5.74, 6) is 1.83. The second-order valence-electron chi connectivity index (χ2n) is 8.51. The molecule has 0 unspecified atom stereocenters. The molecule has 0 radical (unpaired) electrons. The molecule has 1 atom stereocenters. The first-order valence-corrected chi connectivity index (χ1v) is 9.08. The van der Waals surface area contributed by atoms with Crippen molar-refractivity contribution in [2.75, 3.05) is 0 Å². The molecule has 1 aromatic rings. The van der Waals surface area contributed by atoms with Gasteiger partial charge >= 0.3 is 6.18 Å². The summed E-state index contributed by atoms with van der Waals surface area (Å²) in [4.78, 5) is 12.6. The van der Waals surface area contributed by atoms with Crippen LogP contribution in [0.15, 0.2) is 6.07 Å². The molecule has 4 saturated carbocycles. The Balaban J connectivity index is 1.51. The normalized spacial score (nSPS) is 35.0. The van der Waals surface area contributed by atoms with Crippen LogP contribution in [0.4, 0.5) is 13.2 Å². The number of aromatic nitrogens is 2. The van der Waals surface area contributed by atoms with E-state index in [0.29, 0.717) is 0 Å². The van der Waals surface area contributed by atoms with E-state index in [1.165, 1.54) is 26.3 Å². The lowest BCUT2D eigenvalue weighted by atomic mass is 9.48. The Hall–Kier alpha value is -1.53. The molecule has 1 aromatic heterocycles. The van der Waals surface area contributed by atoms with E-state index >= 15 is 0 Å². The van der Waals surface area contributed by atoms with Crippen molar-refractivity contribution in [1.82, 2.24) is 15.1 Å². The number of alkyl halides is 3. The largest absolute Gasteiger partial charge is 0.435 e. The Morgan fingerprint density at radius 2 is 1.76 bits per heavy atom. The third kappa shape index (κ3) is 2.85. The predicted molar refractivity (Wildman–Crippen MR) is 85.7 cm³/mol. The highest BCUT2D eigenvalue weighted by molar-refractivity contribution is 5.92. The molecule has 25 heavy (non-hydrogen) atoms. The predicted octanol–water partition coefficient (Wildman–Crippen LogP) is 3.77. The van der Waals surface area contributed by atoms with Crippen LogP contribution in [0.5, 0.6) is 0 Å². The van der Waals surface area contributed by atoms with Crippen molar-refractivity contribution in [2.24, 2.45) is 30.2 Å². The van der Waals surface area contributed by atoms with Crippen molar-refractivity contribution in [3.63, 3.8) is 0 Å². The maximum atomic E-state index is 12.8. The van der Waals surface area contributed by atoms with Crippen LogP contribution in [-0.2, 0) is 13.2 Å². The van der Waals surface area contributed by atoms with Crippen molar-refractivity contribution in [1.29, 1.82) is 0 Å².